The largest absolute Gasteiger partial charge is 0.489 e. The van der Waals surface area contributed by atoms with Gasteiger partial charge >= 0.3 is 7.12 Å². The summed E-state index contributed by atoms with van der Waals surface area (Å²) < 4.78 is 5.67. The van der Waals surface area contributed by atoms with E-state index in [4.69, 9.17) is 14.8 Å². The Kier molecular flexibility index (Phi) is 4.25. The summed E-state index contributed by atoms with van der Waals surface area (Å²) in [5.74, 6) is 0.712. The van der Waals surface area contributed by atoms with Gasteiger partial charge < -0.3 is 14.8 Å². The van der Waals surface area contributed by atoms with Crippen molar-refractivity contribution in [1.29, 1.82) is 0 Å². The quantitative estimate of drug-likeness (QED) is 0.816. The van der Waals surface area contributed by atoms with E-state index in [0.29, 0.717) is 17.8 Å². The molecule has 0 saturated heterocycles. The van der Waals surface area contributed by atoms with Gasteiger partial charge in [0.05, 0.1) is 0 Å². The molecule has 4 heteroatoms. The lowest BCUT2D eigenvalue weighted by molar-refractivity contribution is 0.306. The van der Waals surface area contributed by atoms with Crippen LogP contribution in [0.2, 0.25) is 0 Å². The van der Waals surface area contributed by atoms with E-state index in [2.05, 4.69) is 32.0 Å². The van der Waals surface area contributed by atoms with Crippen LogP contribution in [0.15, 0.2) is 42.5 Å². The van der Waals surface area contributed by atoms with Crippen molar-refractivity contribution in [3.05, 3.63) is 59.2 Å². The van der Waals surface area contributed by atoms with Gasteiger partial charge in [0.2, 0.25) is 0 Å². The van der Waals surface area contributed by atoms with Crippen LogP contribution in [-0.4, -0.2) is 17.2 Å². The number of hydrogen-bond donors (Lipinski definition) is 2. The highest BCUT2D eigenvalue weighted by atomic mass is 16.5. The molecular weight excluding hydrogens is 239 g/mol. The van der Waals surface area contributed by atoms with E-state index in [1.165, 1.54) is 11.1 Å². The normalized spacial score (nSPS) is 10.3. The van der Waals surface area contributed by atoms with Crippen molar-refractivity contribution >= 4 is 12.6 Å². The highest BCUT2D eigenvalue weighted by Gasteiger charge is 2.09. The van der Waals surface area contributed by atoms with Gasteiger partial charge in [-0.2, -0.15) is 0 Å². The van der Waals surface area contributed by atoms with E-state index >= 15 is 0 Å². The third-order valence-corrected chi connectivity index (χ3v) is 2.87. The number of ether oxygens (including phenoxy) is 1. The van der Waals surface area contributed by atoms with E-state index in [-0.39, 0.29) is 0 Å². The second kappa shape index (κ2) is 5.91. The molecule has 2 aromatic rings. The average Bonchev–Trinajstić information content (AvgIpc) is 2.36. The predicted octanol–water partition coefficient (Wildman–Crippen LogP) is 1.56. The molecule has 3 nitrogen and oxygen atoms in total. The summed E-state index contributed by atoms with van der Waals surface area (Å²) in [5.41, 5.74) is 4.03. The van der Waals surface area contributed by atoms with Gasteiger partial charge in [-0.1, -0.05) is 41.5 Å². The molecular formula is C15H17BO3. The topological polar surface area (TPSA) is 49.7 Å². The summed E-state index contributed by atoms with van der Waals surface area (Å²) in [6, 6.07) is 13.1. The Morgan fingerprint density at radius 3 is 2.05 bits per heavy atom. The van der Waals surface area contributed by atoms with E-state index in [0.717, 1.165) is 5.56 Å². The molecule has 2 aromatic carbocycles. The molecule has 19 heavy (non-hydrogen) atoms. The van der Waals surface area contributed by atoms with Crippen LogP contribution >= 0.6 is 0 Å². The zero-order valence-corrected chi connectivity index (χ0v) is 11.1. The summed E-state index contributed by atoms with van der Waals surface area (Å²) in [4.78, 5) is 0. The van der Waals surface area contributed by atoms with Crippen LogP contribution in [0, 0.1) is 13.8 Å². The molecule has 0 radical (unpaired) electrons. The van der Waals surface area contributed by atoms with Gasteiger partial charge in [0.15, 0.2) is 0 Å². The van der Waals surface area contributed by atoms with Crippen LogP contribution in [0.5, 0.6) is 5.75 Å². The van der Waals surface area contributed by atoms with Crippen molar-refractivity contribution in [1.82, 2.24) is 0 Å². The van der Waals surface area contributed by atoms with Crippen molar-refractivity contribution in [3.63, 3.8) is 0 Å². The van der Waals surface area contributed by atoms with Crippen molar-refractivity contribution in [3.8, 4) is 5.75 Å². The Morgan fingerprint density at radius 2 is 1.53 bits per heavy atom. The first-order valence-electron chi connectivity index (χ1n) is 6.20. The lowest BCUT2D eigenvalue weighted by atomic mass is 9.80. The molecule has 2 N–H and O–H groups in total. The smallest absolute Gasteiger partial charge is 0.488 e. The Bertz CT molecular complexity index is 530. The number of rotatable bonds is 4. The molecule has 0 atom stereocenters. The highest BCUT2D eigenvalue weighted by Crippen LogP contribution is 2.13. The lowest BCUT2D eigenvalue weighted by Crippen LogP contribution is -2.29. The standard InChI is InChI=1S/C15H17BO3/c1-11-7-12(2)9-13(8-11)10-19-15-5-3-14(4-6-15)16(17)18/h3-9,17-18H,10H2,1-2H3. The summed E-state index contributed by atoms with van der Waals surface area (Å²) in [5, 5.41) is 18.0. The fourth-order valence-corrected chi connectivity index (χ4v) is 2.06. The molecule has 0 heterocycles. The molecule has 0 spiro atoms. The fraction of sp³-hybridized carbons (Fsp3) is 0.200. The van der Waals surface area contributed by atoms with Crippen molar-refractivity contribution in [2.24, 2.45) is 0 Å². The molecule has 0 aliphatic carbocycles. The maximum Gasteiger partial charge on any atom is 0.488 e. The van der Waals surface area contributed by atoms with Crippen molar-refractivity contribution < 1.29 is 14.8 Å². The van der Waals surface area contributed by atoms with Crippen LogP contribution < -0.4 is 10.2 Å². The monoisotopic (exact) mass is 256 g/mol. The minimum Gasteiger partial charge on any atom is -0.489 e. The van der Waals surface area contributed by atoms with Crippen molar-refractivity contribution in [2.75, 3.05) is 0 Å². The Hall–Kier alpha value is -1.78. The number of benzene rings is 2. The molecule has 0 aliphatic rings. The third-order valence-electron chi connectivity index (χ3n) is 2.87. The second-order valence-corrected chi connectivity index (χ2v) is 4.73. The Morgan fingerprint density at radius 1 is 0.947 bits per heavy atom. The molecule has 2 rings (SSSR count). The number of aryl methyl sites for hydroxylation is 2. The maximum absolute atomic E-state index is 9.00. The van der Waals surface area contributed by atoms with Gasteiger partial charge in [0.1, 0.15) is 12.4 Å². The van der Waals surface area contributed by atoms with E-state index in [1.54, 1.807) is 24.3 Å². The first-order valence-corrected chi connectivity index (χ1v) is 6.20. The summed E-state index contributed by atoms with van der Waals surface area (Å²) in [6.07, 6.45) is 0. The van der Waals surface area contributed by atoms with E-state index in [1.807, 2.05) is 0 Å². The molecule has 0 unspecified atom stereocenters. The van der Waals surface area contributed by atoms with Crippen molar-refractivity contribution in [2.45, 2.75) is 20.5 Å². The SMILES string of the molecule is Cc1cc(C)cc(COc2ccc(B(O)O)cc2)c1. The highest BCUT2D eigenvalue weighted by molar-refractivity contribution is 6.58. The van der Waals surface area contributed by atoms with Crippen LogP contribution in [0.1, 0.15) is 16.7 Å². The summed E-state index contributed by atoms with van der Waals surface area (Å²) >= 11 is 0. The zero-order chi connectivity index (χ0) is 13.8. The first kappa shape index (κ1) is 13.7. The van der Waals surface area contributed by atoms with Gasteiger partial charge in [0, 0.05) is 0 Å². The van der Waals surface area contributed by atoms with Gasteiger partial charge in [-0.3, -0.25) is 0 Å². The minimum atomic E-state index is -1.44. The zero-order valence-electron chi connectivity index (χ0n) is 11.1. The second-order valence-electron chi connectivity index (χ2n) is 4.73. The molecule has 0 fully saturated rings. The number of hydrogen-bond acceptors (Lipinski definition) is 3. The minimum absolute atomic E-state index is 0.457. The Labute approximate surface area is 113 Å². The molecule has 0 amide bonds. The van der Waals surface area contributed by atoms with Gasteiger partial charge in [-0.25, -0.2) is 0 Å². The summed E-state index contributed by atoms with van der Waals surface area (Å²) in [7, 11) is -1.44. The molecule has 0 saturated carbocycles. The van der Waals surface area contributed by atoms with Gasteiger partial charge in [-0.15, -0.1) is 0 Å². The Balaban J connectivity index is 2.02. The summed E-state index contributed by atoms with van der Waals surface area (Å²) in [6.45, 7) is 4.63. The van der Waals surface area contributed by atoms with Crippen LogP contribution in [0.4, 0.5) is 0 Å². The molecule has 0 aliphatic heterocycles. The predicted molar refractivity (Wildman–Crippen MR) is 76.5 cm³/mol. The van der Waals surface area contributed by atoms with Crippen LogP contribution in [0.25, 0.3) is 0 Å². The van der Waals surface area contributed by atoms with Gasteiger partial charge in [0.25, 0.3) is 0 Å². The first-order chi connectivity index (χ1) is 9.04. The molecule has 98 valence electrons. The van der Waals surface area contributed by atoms with E-state index in [9.17, 15) is 0 Å². The lowest BCUT2D eigenvalue weighted by Gasteiger charge is -2.09. The maximum atomic E-state index is 9.00. The van der Waals surface area contributed by atoms with Crippen LogP contribution in [-0.2, 0) is 6.61 Å². The third kappa shape index (κ3) is 3.84. The average molecular weight is 256 g/mol. The van der Waals surface area contributed by atoms with Gasteiger partial charge in [-0.05, 0) is 37.0 Å². The molecule has 0 bridgehead atoms. The molecule has 0 aromatic heterocycles. The fourth-order valence-electron chi connectivity index (χ4n) is 2.06. The van der Waals surface area contributed by atoms with E-state index < -0.39 is 7.12 Å². The van der Waals surface area contributed by atoms with Crippen LogP contribution in [0.3, 0.4) is 0 Å².